The van der Waals surface area contributed by atoms with Gasteiger partial charge in [0.25, 0.3) is 0 Å². The molecule has 22 heavy (non-hydrogen) atoms. The minimum absolute atomic E-state index is 0.0811. The minimum Gasteiger partial charge on any atom is -0.491 e. The lowest BCUT2D eigenvalue weighted by Gasteiger charge is -2.10. The first kappa shape index (κ1) is 14.7. The normalized spacial score (nSPS) is 10.9. The molecule has 0 aliphatic heterocycles. The first-order valence-electron chi connectivity index (χ1n) is 6.90. The summed E-state index contributed by atoms with van der Waals surface area (Å²) < 4.78 is 18.6. The van der Waals surface area contributed by atoms with Crippen LogP contribution in [0.5, 0.6) is 5.75 Å². The second-order valence-electron chi connectivity index (χ2n) is 4.98. The third-order valence-electron chi connectivity index (χ3n) is 3.16. The molecule has 0 aliphatic rings. The predicted molar refractivity (Wildman–Crippen MR) is 88.6 cm³/mol. The Morgan fingerprint density at radius 2 is 2.09 bits per heavy atom. The van der Waals surface area contributed by atoms with Crippen molar-refractivity contribution < 1.29 is 9.13 Å². The molecule has 0 amide bonds. The van der Waals surface area contributed by atoms with E-state index in [9.17, 15) is 4.39 Å². The highest BCUT2D eigenvalue weighted by molar-refractivity contribution is 7.22. The molecule has 0 bridgehead atoms. The number of rotatable bonds is 5. The molecule has 3 rings (SSSR count). The third kappa shape index (κ3) is 3.01. The van der Waals surface area contributed by atoms with Gasteiger partial charge in [-0.05, 0) is 35.7 Å². The fourth-order valence-electron chi connectivity index (χ4n) is 2.08. The molecule has 0 spiro atoms. The average molecular weight is 317 g/mol. The van der Waals surface area contributed by atoms with Gasteiger partial charge in [0.05, 0.1) is 4.88 Å². The molecule has 0 radical (unpaired) electrons. The Hall–Kier alpha value is -2.21. The van der Waals surface area contributed by atoms with Crippen LogP contribution in [0.25, 0.3) is 20.8 Å². The number of ether oxygens (including phenoxy) is 1. The molecule has 114 valence electrons. The monoisotopic (exact) mass is 317 g/mol. The van der Waals surface area contributed by atoms with Crippen molar-refractivity contribution in [2.75, 3.05) is 32.3 Å². The van der Waals surface area contributed by atoms with Crippen molar-refractivity contribution >= 4 is 27.2 Å². The van der Waals surface area contributed by atoms with Gasteiger partial charge in [0, 0.05) is 25.0 Å². The molecule has 6 heteroatoms. The number of hydrogen-bond acceptors (Lipinski definition) is 5. The number of aromatic nitrogens is 2. The maximum atomic E-state index is 12.2. The van der Waals surface area contributed by atoms with E-state index in [0.717, 1.165) is 20.8 Å². The zero-order valence-electron chi connectivity index (χ0n) is 12.4. The standard InChI is InChI=1S/C16H16FN3OS/c1-20(2)15-5-7-18-16(19-15)14-9-11-3-4-12(21-8-6-17)10-13(11)22-14/h3-5,7,9-10H,6,8H2,1-2H3. The number of thiophene rings is 1. The molecular formula is C16H16FN3OS. The second kappa shape index (κ2) is 6.27. The number of alkyl halides is 1. The Morgan fingerprint density at radius 3 is 2.86 bits per heavy atom. The maximum absolute atomic E-state index is 12.2. The number of halogens is 1. The zero-order valence-corrected chi connectivity index (χ0v) is 13.2. The van der Waals surface area contributed by atoms with Gasteiger partial charge in [-0.2, -0.15) is 0 Å². The van der Waals surface area contributed by atoms with E-state index in [0.29, 0.717) is 11.6 Å². The topological polar surface area (TPSA) is 38.2 Å². The van der Waals surface area contributed by atoms with E-state index in [-0.39, 0.29) is 6.61 Å². The summed E-state index contributed by atoms with van der Waals surface area (Å²) in [5.74, 6) is 2.26. The van der Waals surface area contributed by atoms with Crippen molar-refractivity contribution in [1.29, 1.82) is 0 Å². The summed E-state index contributed by atoms with van der Waals surface area (Å²) in [7, 11) is 3.90. The third-order valence-corrected chi connectivity index (χ3v) is 4.25. The predicted octanol–water partition coefficient (Wildman–Crippen LogP) is 3.77. The van der Waals surface area contributed by atoms with Crippen LogP contribution in [0.1, 0.15) is 0 Å². The Morgan fingerprint density at radius 1 is 1.23 bits per heavy atom. The van der Waals surface area contributed by atoms with Crippen LogP contribution < -0.4 is 9.64 Å². The van der Waals surface area contributed by atoms with E-state index in [4.69, 9.17) is 4.74 Å². The van der Waals surface area contributed by atoms with Crippen LogP contribution in [0.15, 0.2) is 36.5 Å². The molecule has 0 atom stereocenters. The fourth-order valence-corrected chi connectivity index (χ4v) is 3.12. The smallest absolute Gasteiger partial charge is 0.171 e. The first-order valence-corrected chi connectivity index (χ1v) is 7.72. The number of hydrogen-bond donors (Lipinski definition) is 0. The molecule has 2 aromatic heterocycles. The lowest BCUT2D eigenvalue weighted by Crippen LogP contribution is -2.10. The lowest BCUT2D eigenvalue weighted by molar-refractivity contribution is 0.273. The van der Waals surface area contributed by atoms with Crippen LogP contribution >= 0.6 is 11.3 Å². The number of benzene rings is 1. The van der Waals surface area contributed by atoms with Crippen LogP contribution in [0.4, 0.5) is 10.2 Å². The summed E-state index contributed by atoms with van der Waals surface area (Å²) >= 11 is 1.60. The molecule has 1 aromatic carbocycles. The molecule has 3 aromatic rings. The second-order valence-corrected chi connectivity index (χ2v) is 6.06. The quantitative estimate of drug-likeness (QED) is 0.718. The molecule has 0 saturated heterocycles. The summed E-state index contributed by atoms with van der Waals surface area (Å²) in [5.41, 5.74) is 0. The van der Waals surface area contributed by atoms with E-state index < -0.39 is 6.67 Å². The van der Waals surface area contributed by atoms with Crippen molar-refractivity contribution in [1.82, 2.24) is 9.97 Å². The van der Waals surface area contributed by atoms with Crippen LogP contribution in [0.3, 0.4) is 0 Å². The van der Waals surface area contributed by atoms with E-state index in [1.54, 1.807) is 17.5 Å². The number of anilines is 1. The van der Waals surface area contributed by atoms with Gasteiger partial charge in [-0.15, -0.1) is 11.3 Å². The Kier molecular flexibility index (Phi) is 4.20. The van der Waals surface area contributed by atoms with E-state index >= 15 is 0 Å². The summed E-state index contributed by atoms with van der Waals surface area (Å²) in [4.78, 5) is 11.9. The van der Waals surface area contributed by atoms with Gasteiger partial charge in [0.2, 0.25) is 0 Å². The number of nitrogens with zero attached hydrogens (tertiary/aromatic N) is 3. The first-order chi connectivity index (χ1) is 10.7. The largest absolute Gasteiger partial charge is 0.491 e. The average Bonchev–Trinajstić information content (AvgIpc) is 2.96. The minimum atomic E-state index is -0.487. The van der Waals surface area contributed by atoms with Gasteiger partial charge < -0.3 is 9.64 Å². The SMILES string of the molecule is CN(C)c1ccnc(-c2cc3ccc(OCCF)cc3s2)n1. The van der Waals surface area contributed by atoms with Gasteiger partial charge in [-0.1, -0.05) is 0 Å². The highest BCUT2D eigenvalue weighted by Gasteiger charge is 2.09. The maximum Gasteiger partial charge on any atom is 0.171 e. The lowest BCUT2D eigenvalue weighted by atomic mass is 10.2. The van der Waals surface area contributed by atoms with Crippen molar-refractivity contribution in [3.63, 3.8) is 0 Å². The van der Waals surface area contributed by atoms with Crippen LogP contribution in [-0.2, 0) is 0 Å². The molecule has 0 saturated carbocycles. The van der Waals surface area contributed by atoms with Gasteiger partial charge in [0.15, 0.2) is 5.82 Å². The van der Waals surface area contributed by atoms with Crippen molar-refractivity contribution in [2.24, 2.45) is 0 Å². The molecule has 4 nitrogen and oxygen atoms in total. The van der Waals surface area contributed by atoms with Crippen LogP contribution in [-0.4, -0.2) is 37.3 Å². The van der Waals surface area contributed by atoms with Crippen molar-refractivity contribution in [3.8, 4) is 16.5 Å². The summed E-state index contributed by atoms with van der Waals surface area (Å²) in [5, 5.41) is 1.10. The van der Waals surface area contributed by atoms with Gasteiger partial charge in [-0.25, -0.2) is 14.4 Å². The highest BCUT2D eigenvalue weighted by Crippen LogP contribution is 2.34. The van der Waals surface area contributed by atoms with Crippen molar-refractivity contribution in [2.45, 2.75) is 0 Å². The summed E-state index contributed by atoms with van der Waals surface area (Å²) in [6, 6.07) is 9.69. The molecule has 0 fully saturated rings. The van der Waals surface area contributed by atoms with Crippen LogP contribution in [0.2, 0.25) is 0 Å². The zero-order chi connectivity index (χ0) is 15.5. The Labute approximate surface area is 132 Å². The van der Waals surface area contributed by atoms with Crippen LogP contribution in [0, 0.1) is 0 Å². The van der Waals surface area contributed by atoms with E-state index in [2.05, 4.69) is 16.0 Å². The number of fused-ring (bicyclic) bond motifs is 1. The fraction of sp³-hybridized carbons (Fsp3) is 0.250. The molecule has 0 unspecified atom stereocenters. The molecule has 2 heterocycles. The molecule has 0 aliphatic carbocycles. The van der Waals surface area contributed by atoms with E-state index in [1.165, 1.54) is 0 Å². The molecular weight excluding hydrogens is 301 g/mol. The van der Waals surface area contributed by atoms with Crippen molar-refractivity contribution in [3.05, 3.63) is 36.5 Å². The van der Waals surface area contributed by atoms with Gasteiger partial charge in [-0.3, -0.25) is 0 Å². The Bertz CT molecular complexity index is 788. The van der Waals surface area contributed by atoms with E-state index in [1.807, 2.05) is 43.3 Å². The summed E-state index contributed by atoms with van der Waals surface area (Å²) in [6.45, 7) is -0.406. The highest BCUT2D eigenvalue weighted by atomic mass is 32.1. The Balaban J connectivity index is 1.96. The summed E-state index contributed by atoms with van der Waals surface area (Å²) in [6.07, 6.45) is 1.76. The molecule has 0 N–H and O–H groups in total. The van der Waals surface area contributed by atoms with Gasteiger partial charge in [0.1, 0.15) is 24.8 Å². The van der Waals surface area contributed by atoms with Gasteiger partial charge >= 0.3 is 0 Å².